The number of hydrogen-bond acceptors (Lipinski definition) is 3. The summed E-state index contributed by atoms with van der Waals surface area (Å²) in [5, 5.41) is 8.26. The molecule has 7 heteroatoms. The largest absolute Gasteiger partial charge is 0.481 e. The van der Waals surface area contributed by atoms with Gasteiger partial charge in [0, 0.05) is 20.1 Å². The quantitative estimate of drug-likeness (QED) is 0.603. The van der Waals surface area contributed by atoms with E-state index in [2.05, 4.69) is 4.72 Å². The molecular weight excluding hydrogens is 196 g/mol. The summed E-state index contributed by atoms with van der Waals surface area (Å²) in [5.41, 5.74) is 0. The van der Waals surface area contributed by atoms with Gasteiger partial charge in [0.15, 0.2) is 0 Å². The molecule has 0 aromatic carbocycles. The molecule has 13 heavy (non-hydrogen) atoms. The van der Waals surface area contributed by atoms with Crippen molar-refractivity contribution in [3.05, 3.63) is 0 Å². The van der Waals surface area contributed by atoms with Crippen LogP contribution in [-0.2, 0) is 15.0 Å². The highest BCUT2D eigenvalue weighted by molar-refractivity contribution is 7.87. The van der Waals surface area contributed by atoms with Gasteiger partial charge in [-0.2, -0.15) is 12.7 Å². The molecular formula is C6H14N2O4S. The third-order valence-electron chi connectivity index (χ3n) is 1.48. The van der Waals surface area contributed by atoms with Crippen LogP contribution in [0.25, 0.3) is 0 Å². The van der Waals surface area contributed by atoms with Gasteiger partial charge in [-0.05, 0) is 0 Å². The maximum absolute atomic E-state index is 11.2. The molecule has 0 amide bonds. The SMILES string of the molecule is CCN(C)S(=O)(=O)NCCC(=O)O. The number of hydrogen-bond donors (Lipinski definition) is 2. The summed E-state index contributed by atoms with van der Waals surface area (Å²) in [4.78, 5) is 10.1. The van der Waals surface area contributed by atoms with Gasteiger partial charge < -0.3 is 5.11 Å². The fourth-order valence-corrected chi connectivity index (χ4v) is 1.49. The average molecular weight is 210 g/mol. The summed E-state index contributed by atoms with van der Waals surface area (Å²) in [6, 6.07) is 0. The fraction of sp³-hybridized carbons (Fsp3) is 0.833. The van der Waals surface area contributed by atoms with Crippen molar-refractivity contribution in [2.45, 2.75) is 13.3 Å². The Hall–Kier alpha value is -0.660. The first-order valence-corrected chi connectivity index (χ1v) is 5.27. The van der Waals surface area contributed by atoms with E-state index < -0.39 is 16.2 Å². The molecule has 0 saturated carbocycles. The van der Waals surface area contributed by atoms with Crippen LogP contribution in [0.5, 0.6) is 0 Å². The molecule has 6 nitrogen and oxygen atoms in total. The lowest BCUT2D eigenvalue weighted by atomic mass is 10.5. The number of carboxylic acid groups (broad SMARTS) is 1. The summed E-state index contributed by atoms with van der Waals surface area (Å²) < 4.78 is 25.6. The number of nitrogens with one attached hydrogen (secondary N) is 1. The van der Waals surface area contributed by atoms with Crippen molar-refractivity contribution in [3.8, 4) is 0 Å². The van der Waals surface area contributed by atoms with E-state index in [1.54, 1.807) is 6.92 Å². The van der Waals surface area contributed by atoms with E-state index in [1.165, 1.54) is 7.05 Å². The maximum Gasteiger partial charge on any atom is 0.304 e. The highest BCUT2D eigenvalue weighted by Crippen LogP contribution is 1.92. The molecule has 0 saturated heterocycles. The third kappa shape index (κ3) is 4.81. The van der Waals surface area contributed by atoms with Gasteiger partial charge in [-0.1, -0.05) is 6.92 Å². The number of nitrogens with zero attached hydrogens (tertiary/aromatic N) is 1. The van der Waals surface area contributed by atoms with Crippen LogP contribution in [0.3, 0.4) is 0 Å². The van der Waals surface area contributed by atoms with E-state index in [9.17, 15) is 13.2 Å². The highest BCUT2D eigenvalue weighted by Gasteiger charge is 2.14. The summed E-state index contributed by atoms with van der Waals surface area (Å²) in [6.07, 6.45) is -0.212. The Kier molecular flexibility index (Phi) is 4.89. The number of carbonyl (C=O) groups is 1. The Balaban J connectivity index is 3.97. The minimum atomic E-state index is -3.49. The first-order chi connectivity index (χ1) is 5.90. The zero-order chi connectivity index (χ0) is 10.5. The molecule has 0 radical (unpaired) electrons. The van der Waals surface area contributed by atoms with Crippen molar-refractivity contribution in [1.29, 1.82) is 0 Å². The molecule has 0 aliphatic carbocycles. The van der Waals surface area contributed by atoms with Crippen molar-refractivity contribution < 1.29 is 18.3 Å². The topological polar surface area (TPSA) is 86.7 Å². The van der Waals surface area contributed by atoms with Crippen LogP contribution in [0.1, 0.15) is 13.3 Å². The summed E-state index contributed by atoms with van der Waals surface area (Å²) in [5.74, 6) is -1.03. The molecule has 0 aliphatic rings. The molecule has 0 aromatic heterocycles. The van der Waals surface area contributed by atoms with Crippen molar-refractivity contribution >= 4 is 16.2 Å². The molecule has 0 atom stereocenters. The predicted molar refractivity (Wildman–Crippen MR) is 47.5 cm³/mol. The van der Waals surface area contributed by atoms with E-state index in [-0.39, 0.29) is 13.0 Å². The van der Waals surface area contributed by atoms with Gasteiger partial charge in [-0.15, -0.1) is 0 Å². The molecule has 0 aromatic rings. The van der Waals surface area contributed by atoms with Gasteiger partial charge in [-0.3, -0.25) is 4.79 Å². The van der Waals surface area contributed by atoms with Gasteiger partial charge >= 0.3 is 5.97 Å². The smallest absolute Gasteiger partial charge is 0.304 e. The number of carboxylic acids is 1. The van der Waals surface area contributed by atoms with Gasteiger partial charge in [0.05, 0.1) is 6.42 Å². The van der Waals surface area contributed by atoms with Gasteiger partial charge in [0.1, 0.15) is 0 Å². The molecule has 2 N–H and O–H groups in total. The second-order valence-electron chi connectivity index (χ2n) is 2.46. The predicted octanol–water partition coefficient (Wildman–Crippen LogP) is -0.753. The number of rotatable bonds is 6. The van der Waals surface area contributed by atoms with E-state index in [1.807, 2.05) is 0 Å². The van der Waals surface area contributed by atoms with Crippen LogP contribution < -0.4 is 4.72 Å². The molecule has 0 heterocycles. The Morgan fingerprint density at radius 2 is 2.08 bits per heavy atom. The molecule has 78 valence electrons. The average Bonchev–Trinajstić information content (AvgIpc) is 2.01. The van der Waals surface area contributed by atoms with E-state index in [4.69, 9.17) is 5.11 Å². The maximum atomic E-state index is 11.2. The van der Waals surface area contributed by atoms with E-state index in [0.717, 1.165) is 4.31 Å². The highest BCUT2D eigenvalue weighted by atomic mass is 32.2. The standard InChI is InChI=1S/C6H14N2O4S/c1-3-8(2)13(11,12)7-5-4-6(9)10/h7H,3-5H2,1-2H3,(H,9,10). The lowest BCUT2D eigenvalue weighted by Gasteiger charge is -2.14. The lowest BCUT2D eigenvalue weighted by molar-refractivity contribution is -0.136. The van der Waals surface area contributed by atoms with Crippen LogP contribution in [0.4, 0.5) is 0 Å². The first kappa shape index (κ1) is 12.3. The Morgan fingerprint density at radius 3 is 2.46 bits per heavy atom. The summed E-state index contributed by atoms with van der Waals surface area (Å²) in [6.45, 7) is 1.96. The lowest BCUT2D eigenvalue weighted by Crippen LogP contribution is -2.38. The van der Waals surface area contributed by atoms with Crippen LogP contribution in [-0.4, -0.2) is 43.9 Å². The minimum absolute atomic E-state index is 0.0813. The third-order valence-corrected chi connectivity index (χ3v) is 3.13. The second kappa shape index (κ2) is 5.15. The van der Waals surface area contributed by atoms with Crippen molar-refractivity contribution in [2.75, 3.05) is 20.1 Å². The normalized spacial score (nSPS) is 11.9. The molecule has 0 unspecified atom stereocenters. The Morgan fingerprint density at radius 1 is 1.54 bits per heavy atom. The molecule has 0 fully saturated rings. The van der Waals surface area contributed by atoms with Gasteiger partial charge in [-0.25, -0.2) is 4.72 Å². The molecule has 0 aliphatic heterocycles. The van der Waals surface area contributed by atoms with Crippen LogP contribution in [0.2, 0.25) is 0 Å². The summed E-state index contributed by atoms with van der Waals surface area (Å²) in [7, 11) is -2.07. The monoisotopic (exact) mass is 210 g/mol. The van der Waals surface area contributed by atoms with Gasteiger partial charge in [0.2, 0.25) is 0 Å². The van der Waals surface area contributed by atoms with Crippen LogP contribution >= 0.6 is 0 Å². The zero-order valence-corrected chi connectivity index (χ0v) is 8.47. The van der Waals surface area contributed by atoms with E-state index in [0.29, 0.717) is 6.54 Å². The second-order valence-corrected chi connectivity index (χ2v) is 4.32. The van der Waals surface area contributed by atoms with Crippen LogP contribution in [0, 0.1) is 0 Å². The zero-order valence-electron chi connectivity index (χ0n) is 7.65. The number of aliphatic carboxylic acids is 1. The molecule has 0 bridgehead atoms. The minimum Gasteiger partial charge on any atom is -0.481 e. The molecule has 0 spiro atoms. The Bertz CT molecular complexity index is 262. The van der Waals surface area contributed by atoms with Gasteiger partial charge in [0.25, 0.3) is 10.2 Å². The first-order valence-electron chi connectivity index (χ1n) is 3.83. The van der Waals surface area contributed by atoms with Crippen molar-refractivity contribution in [2.24, 2.45) is 0 Å². The summed E-state index contributed by atoms with van der Waals surface area (Å²) >= 11 is 0. The molecule has 0 rings (SSSR count). The van der Waals surface area contributed by atoms with E-state index >= 15 is 0 Å². The fourth-order valence-electron chi connectivity index (χ4n) is 0.567. The Labute approximate surface area is 77.7 Å². The van der Waals surface area contributed by atoms with Crippen molar-refractivity contribution in [3.63, 3.8) is 0 Å². The van der Waals surface area contributed by atoms with Crippen LogP contribution in [0.15, 0.2) is 0 Å². The van der Waals surface area contributed by atoms with Crippen molar-refractivity contribution in [1.82, 2.24) is 9.03 Å².